The molecule has 6 nitrogen and oxygen atoms in total. The number of hydrogen-bond acceptors (Lipinski definition) is 6. The van der Waals surface area contributed by atoms with Crippen molar-refractivity contribution in [3.05, 3.63) is 0 Å². The van der Waals surface area contributed by atoms with E-state index in [1.807, 2.05) is 0 Å². The third-order valence-corrected chi connectivity index (χ3v) is 3.31. The Labute approximate surface area is 113 Å². The first-order valence-corrected chi connectivity index (χ1v) is 7.36. The summed E-state index contributed by atoms with van der Waals surface area (Å²) in [5.41, 5.74) is 0. The van der Waals surface area contributed by atoms with Crippen molar-refractivity contribution >= 4 is 11.8 Å². The molecule has 1 aromatic rings. The molecule has 1 heterocycles. The second-order valence-corrected chi connectivity index (χ2v) is 5.83. The molecule has 0 saturated carbocycles. The molecule has 0 bridgehead atoms. The van der Waals surface area contributed by atoms with E-state index in [4.69, 9.17) is 0 Å². The Balaban J connectivity index is 2.26. The predicted molar refractivity (Wildman–Crippen MR) is 72.5 cm³/mol. The van der Waals surface area contributed by atoms with Crippen LogP contribution in [-0.2, 0) is 6.54 Å². The zero-order chi connectivity index (χ0) is 13.4. The summed E-state index contributed by atoms with van der Waals surface area (Å²) in [6.45, 7) is 8.80. The Morgan fingerprint density at radius 3 is 2.83 bits per heavy atom. The standard InChI is InChI=1S/C11H23N5OS/c1-9(2)8-12-5-6-16-11(13-14-15-16)18-7-4-10(3)17/h9-10,12,17H,4-8H2,1-3H3. The number of nitrogens with zero attached hydrogens (tertiary/aromatic N) is 4. The van der Waals surface area contributed by atoms with Gasteiger partial charge in [0.15, 0.2) is 0 Å². The van der Waals surface area contributed by atoms with Gasteiger partial charge in [-0.1, -0.05) is 25.6 Å². The summed E-state index contributed by atoms with van der Waals surface area (Å²) in [7, 11) is 0. The van der Waals surface area contributed by atoms with Crippen LogP contribution in [-0.4, -0.2) is 50.3 Å². The van der Waals surface area contributed by atoms with Crippen molar-refractivity contribution in [2.45, 2.75) is 45.0 Å². The number of aliphatic hydroxyl groups excluding tert-OH is 1. The maximum Gasteiger partial charge on any atom is 0.209 e. The normalized spacial score (nSPS) is 13.2. The van der Waals surface area contributed by atoms with Crippen molar-refractivity contribution < 1.29 is 5.11 Å². The van der Waals surface area contributed by atoms with Gasteiger partial charge in [0.2, 0.25) is 5.16 Å². The zero-order valence-corrected chi connectivity index (χ0v) is 12.2. The van der Waals surface area contributed by atoms with Gasteiger partial charge >= 0.3 is 0 Å². The van der Waals surface area contributed by atoms with Crippen molar-refractivity contribution in [1.82, 2.24) is 25.5 Å². The van der Waals surface area contributed by atoms with Crippen molar-refractivity contribution in [1.29, 1.82) is 0 Å². The first-order chi connectivity index (χ1) is 8.59. The molecule has 0 aliphatic heterocycles. The number of aromatic nitrogens is 4. The van der Waals surface area contributed by atoms with E-state index in [-0.39, 0.29) is 6.10 Å². The Morgan fingerprint density at radius 2 is 2.17 bits per heavy atom. The fraction of sp³-hybridized carbons (Fsp3) is 0.909. The van der Waals surface area contributed by atoms with Crippen LogP contribution in [0, 0.1) is 5.92 Å². The fourth-order valence-corrected chi connectivity index (χ4v) is 2.35. The first kappa shape index (κ1) is 15.4. The molecule has 0 saturated heterocycles. The highest BCUT2D eigenvalue weighted by atomic mass is 32.2. The minimum Gasteiger partial charge on any atom is -0.393 e. The molecule has 0 aromatic carbocycles. The largest absolute Gasteiger partial charge is 0.393 e. The van der Waals surface area contributed by atoms with Gasteiger partial charge in [0.25, 0.3) is 0 Å². The number of aliphatic hydroxyl groups is 1. The van der Waals surface area contributed by atoms with E-state index in [0.29, 0.717) is 5.92 Å². The molecule has 0 spiro atoms. The number of hydrogen-bond donors (Lipinski definition) is 2. The SMILES string of the molecule is CC(C)CNCCn1nnnc1SCCC(C)O. The Bertz CT molecular complexity index is 329. The zero-order valence-electron chi connectivity index (χ0n) is 11.3. The van der Waals surface area contributed by atoms with E-state index in [1.165, 1.54) is 0 Å². The quantitative estimate of drug-likeness (QED) is 0.511. The molecule has 0 fully saturated rings. The smallest absolute Gasteiger partial charge is 0.209 e. The van der Waals surface area contributed by atoms with Gasteiger partial charge in [0, 0.05) is 12.3 Å². The average Bonchev–Trinajstić information content (AvgIpc) is 2.71. The molecular weight excluding hydrogens is 250 g/mol. The molecule has 0 amide bonds. The van der Waals surface area contributed by atoms with Crippen LogP contribution >= 0.6 is 11.8 Å². The van der Waals surface area contributed by atoms with Crippen LogP contribution < -0.4 is 5.32 Å². The summed E-state index contributed by atoms with van der Waals surface area (Å²) in [6.07, 6.45) is 0.484. The lowest BCUT2D eigenvalue weighted by molar-refractivity contribution is 0.192. The van der Waals surface area contributed by atoms with Crippen molar-refractivity contribution in [3.63, 3.8) is 0 Å². The molecular formula is C11H23N5OS. The summed E-state index contributed by atoms with van der Waals surface area (Å²) < 4.78 is 1.81. The lowest BCUT2D eigenvalue weighted by Crippen LogP contribution is -2.24. The molecule has 1 unspecified atom stereocenters. The lowest BCUT2D eigenvalue weighted by Gasteiger charge is -2.08. The molecule has 1 aromatic heterocycles. The van der Waals surface area contributed by atoms with Crippen molar-refractivity contribution in [2.24, 2.45) is 5.92 Å². The third kappa shape index (κ3) is 6.32. The van der Waals surface area contributed by atoms with Gasteiger partial charge in [0.05, 0.1) is 12.6 Å². The molecule has 2 N–H and O–H groups in total. The van der Waals surface area contributed by atoms with E-state index < -0.39 is 0 Å². The minimum atomic E-state index is -0.269. The van der Waals surface area contributed by atoms with Gasteiger partial charge in [0.1, 0.15) is 0 Å². The maximum atomic E-state index is 9.19. The number of thioether (sulfide) groups is 1. The van der Waals surface area contributed by atoms with E-state index in [2.05, 4.69) is 34.7 Å². The summed E-state index contributed by atoms with van der Waals surface area (Å²) in [5.74, 6) is 1.48. The summed E-state index contributed by atoms with van der Waals surface area (Å²) >= 11 is 1.59. The summed E-state index contributed by atoms with van der Waals surface area (Å²) in [6, 6.07) is 0. The van der Waals surface area contributed by atoms with Gasteiger partial charge in [-0.05, 0) is 36.2 Å². The van der Waals surface area contributed by atoms with E-state index in [0.717, 1.165) is 37.0 Å². The molecule has 0 radical (unpaired) electrons. The summed E-state index contributed by atoms with van der Waals surface area (Å²) in [5, 5.41) is 25.0. The average molecular weight is 273 g/mol. The fourth-order valence-electron chi connectivity index (χ4n) is 1.34. The van der Waals surface area contributed by atoms with Crippen molar-refractivity contribution in [3.8, 4) is 0 Å². The van der Waals surface area contributed by atoms with Crippen LogP contribution in [0.15, 0.2) is 5.16 Å². The van der Waals surface area contributed by atoms with Crippen LogP contribution in [0.25, 0.3) is 0 Å². The highest BCUT2D eigenvalue weighted by Crippen LogP contribution is 2.15. The molecule has 1 atom stereocenters. The van der Waals surface area contributed by atoms with Crippen LogP contribution in [0.3, 0.4) is 0 Å². The van der Waals surface area contributed by atoms with E-state index in [9.17, 15) is 5.11 Å². The second kappa shape index (κ2) is 8.44. The monoisotopic (exact) mass is 273 g/mol. The Hall–Kier alpha value is -0.660. The molecule has 18 heavy (non-hydrogen) atoms. The van der Waals surface area contributed by atoms with E-state index in [1.54, 1.807) is 23.4 Å². The van der Waals surface area contributed by atoms with Gasteiger partial charge in [-0.15, -0.1) is 5.10 Å². The summed E-state index contributed by atoms with van der Waals surface area (Å²) in [4.78, 5) is 0. The number of nitrogens with one attached hydrogen (secondary N) is 1. The molecule has 104 valence electrons. The maximum absolute atomic E-state index is 9.19. The molecule has 0 aliphatic carbocycles. The third-order valence-electron chi connectivity index (χ3n) is 2.32. The van der Waals surface area contributed by atoms with Gasteiger partial charge in [-0.2, -0.15) is 0 Å². The van der Waals surface area contributed by atoms with Gasteiger partial charge < -0.3 is 10.4 Å². The predicted octanol–water partition coefficient (Wildman–Crippen LogP) is 0.782. The Morgan fingerprint density at radius 1 is 1.39 bits per heavy atom. The topological polar surface area (TPSA) is 75.9 Å². The first-order valence-electron chi connectivity index (χ1n) is 6.37. The number of tetrazole rings is 1. The van der Waals surface area contributed by atoms with Crippen molar-refractivity contribution in [2.75, 3.05) is 18.8 Å². The highest BCUT2D eigenvalue weighted by Gasteiger charge is 2.07. The van der Waals surface area contributed by atoms with Crippen LogP contribution in [0.4, 0.5) is 0 Å². The second-order valence-electron chi connectivity index (χ2n) is 4.77. The molecule has 1 rings (SSSR count). The highest BCUT2D eigenvalue weighted by molar-refractivity contribution is 7.99. The minimum absolute atomic E-state index is 0.269. The lowest BCUT2D eigenvalue weighted by atomic mass is 10.2. The van der Waals surface area contributed by atoms with Crippen LogP contribution in [0.2, 0.25) is 0 Å². The molecule has 7 heteroatoms. The van der Waals surface area contributed by atoms with E-state index >= 15 is 0 Å². The number of rotatable bonds is 9. The van der Waals surface area contributed by atoms with Gasteiger partial charge in [-0.25, -0.2) is 4.68 Å². The van der Waals surface area contributed by atoms with Crippen LogP contribution in [0.5, 0.6) is 0 Å². The molecule has 0 aliphatic rings. The van der Waals surface area contributed by atoms with Gasteiger partial charge in [-0.3, -0.25) is 0 Å². The van der Waals surface area contributed by atoms with Crippen LogP contribution in [0.1, 0.15) is 27.2 Å². The Kier molecular flexibility index (Phi) is 7.22.